The van der Waals surface area contributed by atoms with Crippen LogP contribution in [0.4, 0.5) is 0 Å². The molecule has 4 heteroatoms. The van der Waals surface area contributed by atoms with Crippen LogP contribution in [-0.4, -0.2) is 14.5 Å². The summed E-state index contributed by atoms with van der Waals surface area (Å²) >= 11 is 0. The molecule has 6 aromatic rings. The number of hydrogen-bond donors (Lipinski definition) is 0. The predicted molar refractivity (Wildman–Crippen MR) is 130 cm³/mol. The number of aromatic nitrogens is 3. The maximum Gasteiger partial charge on any atom is 0.149 e. The van der Waals surface area contributed by atoms with Crippen molar-refractivity contribution in [2.24, 2.45) is 0 Å². The standard InChI is InChI=1S/C28H23N3O/c1-17(2)19-12-13-21-22-10-7-11-23(27(22)32-25(21)14-19)28-30-26-18(3)15-29-16-24(26)31(28)20-8-5-4-6-9-20/h4-17H,1-3H3/i17D. The number of para-hydroxylation sites is 2. The average Bonchev–Trinajstić information content (AvgIpc) is 3.38. The maximum absolute atomic E-state index is 8.40. The summed E-state index contributed by atoms with van der Waals surface area (Å²) in [6.45, 7) is 5.81. The SMILES string of the molecule is [2H]C(C)(C)c1ccc2c(c1)oc1c(-c3nc4c(C)cncc4n3-c3ccccc3)cccc12. The molecule has 0 aliphatic heterocycles. The molecule has 0 unspecified atom stereocenters. The molecule has 6 rings (SSSR count). The first kappa shape index (κ1) is 17.7. The van der Waals surface area contributed by atoms with Crippen LogP contribution in [0.2, 0.25) is 0 Å². The van der Waals surface area contributed by atoms with Gasteiger partial charge in [0.15, 0.2) is 0 Å². The van der Waals surface area contributed by atoms with Gasteiger partial charge in [-0.05, 0) is 48.2 Å². The van der Waals surface area contributed by atoms with Gasteiger partial charge in [0, 0.05) is 24.0 Å². The highest BCUT2D eigenvalue weighted by atomic mass is 16.3. The van der Waals surface area contributed by atoms with E-state index in [1.165, 1.54) is 0 Å². The summed E-state index contributed by atoms with van der Waals surface area (Å²) in [7, 11) is 0. The van der Waals surface area contributed by atoms with E-state index in [2.05, 4.69) is 45.9 Å². The molecule has 0 radical (unpaired) electrons. The number of nitrogens with zero attached hydrogens (tertiary/aromatic N) is 3. The van der Waals surface area contributed by atoms with Gasteiger partial charge < -0.3 is 4.42 Å². The monoisotopic (exact) mass is 418 g/mol. The first-order valence-corrected chi connectivity index (χ1v) is 10.8. The Hall–Kier alpha value is -3.92. The molecular weight excluding hydrogens is 394 g/mol. The Morgan fingerprint density at radius 3 is 2.59 bits per heavy atom. The van der Waals surface area contributed by atoms with Crippen molar-refractivity contribution < 1.29 is 5.79 Å². The molecule has 0 aliphatic rings. The van der Waals surface area contributed by atoms with Gasteiger partial charge in [-0.15, -0.1) is 0 Å². The molecule has 156 valence electrons. The van der Waals surface area contributed by atoms with E-state index in [0.717, 1.165) is 61.2 Å². The Kier molecular flexibility index (Phi) is 3.91. The van der Waals surface area contributed by atoms with Crippen molar-refractivity contribution in [3.63, 3.8) is 0 Å². The third-order valence-corrected chi connectivity index (χ3v) is 6.08. The van der Waals surface area contributed by atoms with Gasteiger partial charge >= 0.3 is 0 Å². The van der Waals surface area contributed by atoms with Crippen molar-refractivity contribution in [1.82, 2.24) is 14.5 Å². The van der Waals surface area contributed by atoms with E-state index in [-0.39, 0.29) is 0 Å². The minimum Gasteiger partial charge on any atom is -0.455 e. The Morgan fingerprint density at radius 2 is 1.78 bits per heavy atom. The molecule has 0 amide bonds. The summed E-state index contributed by atoms with van der Waals surface area (Å²) in [5, 5.41) is 2.08. The third-order valence-electron chi connectivity index (χ3n) is 6.08. The van der Waals surface area contributed by atoms with Crippen molar-refractivity contribution >= 4 is 33.0 Å². The number of rotatable bonds is 3. The van der Waals surface area contributed by atoms with Gasteiger partial charge in [-0.2, -0.15) is 0 Å². The lowest BCUT2D eigenvalue weighted by Gasteiger charge is -2.09. The summed E-state index contributed by atoms with van der Waals surface area (Å²) in [5.41, 5.74) is 7.37. The van der Waals surface area contributed by atoms with E-state index in [1.807, 2.05) is 63.5 Å². The summed E-state index contributed by atoms with van der Waals surface area (Å²) in [4.78, 5) is 9.50. The fourth-order valence-corrected chi connectivity index (χ4v) is 4.43. The molecule has 0 saturated carbocycles. The largest absolute Gasteiger partial charge is 0.455 e. The highest BCUT2D eigenvalue weighted by Crippen LogP contribution is 2.38. The van der Waals surface area contributed by atoms with Gasteiger partial charge in [0.2, 0.25) is 0 Å². The van der Waals surface area contributed by atoms with Gasteiger partial charge in [0.05, 0.1) is 22.8 Å². The van der Waals surface area contributed by atoms with Crippen LogP contribution in [0.5, 0.6) is 0 Å². The van der Waals surface area contributed by atoms with Gasteiger partial charge in [-0.1, -0.05) is 56.3 Å². The van der Waals surface area contributed by atoms with Crippen LogP contribution in [0, 0.1) is 6.92 Å². The minimum absolute atomic E-state index is 0.693. The molecule has 0 fully saturated rings. The quantitative estimate of drug-likeness (QED) is 0.300. The molecule has 0 N–H and O–H groups in total. The van der Waals surface area contributed by atoms with E-state index in [4.69, 9.17) is 10.8 Å². The number of fused-ring (bicyclic) bond motifs is 4. The van der Waals surface area contributed by atoms with Crippen molar-refractivity contribution in [2.45, 2.75) is 26.7 Å². The van der Waals surface area contributed by atoms with E-state index >= 15 is 0 Å². The zero-order valence-electron chi connectivity index (χ0n) is 19.3. The van der Waals surface area contributed by atoms with E-state index in [1.54, 1.807) is 0 Å². The third kappa shape index (κ3) is 2.76. The topological polar surface area (TPSA) is 43.9 Å². The molecule has 4 nitrogen and oxygen atoms in total. The molecule has 3 aromatic heterocycles. The summed E-state index contributed by atoms with van der Waals surface area (Å²) in [5.74, 6) is 0.125. The second-order valence-corrected chi connectivity index (χ2v) is 8.43. The molecular formula is C28H23N3O. The molecule has 0 saturated heterocycles. The number of aryl methyl sites for hydroxylation is 1. The predicted octanol–water partition coefficient (Wildman–Crippen LogP) is 7.42. The van der Waals surface area contributed by atoms with Crippen LogP contribution in [-0.2, 0) is 0 Å². The Morgan fingerprint density at radius 1 is 0.938 bits per heavy atom. The van der Waals surface area contributed by atoms with Gasteiger partial charge in [0.1, 0.15) is 17.0 Å². The second kappa shape index (κ2) is 7.06. The second-order valence-electron chi connectivity index (χ2n) is 8.43. The van der Waals surface area contributed by atoms with E-state index < -0.39 is 5.89 Å². The highest BCUT2D eigenvalue weighted by Gasteiger charge is 2.20. The van der Waals surface area contributed by atoms with Crippen LogP contribution >= 0.6 is 0 Å². The Bertz CT molecular complexity index is 1660. The Labute approximate surface area is 187 Å². The van der Waals surface area contributed by atoms with E-state index in [0.29, 0.717) is 0 Å². The van der Waals surface area contributed by atoms with Gasteiger partial charge in [-0.3, -0.25) is 9.55 Å². The molecule has 32 heavy (non-hydrogen) atoms. The van der Waals surface area contributed by atoms with Gasteiger partial charge in [-0.25, -0.2) is 4.98 Å². The van der Waals surface area contributed by atoms with Crippen LogP contribution in [0.3, 0.4) is 0 Å². The fraction of sp³-hybridized carbons (Fsp3) is 0.143. The van der Waals surface area contributed by atoms with Crippen molar-refractivity contribution in [1.29, 1.82) is 0 Å². The first-order valence-electron chi connectivity index (χ1n) is 11.3. The highest BCUT2D eigenvalue weighted by molar-refractivity contribution is 6.09. The number of benzene rings is 3. The van der Waals surface area contributed by atoms with Crippen LogP contribution in [0.1, 0.15) is 32.2 Å². The molecule has 0 bridgehead atoms. The lowest BCUT2D eigenvalue weighted by Crippen LogP contribution is -1.97. The number of hydrogen-bond acceptors (Lipinski definition) is 3. The van der Waals surface area contributed by atoms with Gasteiger partial charge in [0.25, 0.3) is 0 Å². The molecule has 0 spiro atoms. The lowest BCUT2D eigenvalue weighted by molar-refractivity contribution is 0.667. The number of furan rings is 1. The van der Waals surface area contributed by atoms with Crippen LogP contribution < -0.4 is 0 Å². The normalized spacial score (nSPS) is 12.7. The zero-order valence-corrected chi connectivity index (χ0v) is 18.3. The number of pyridine rings is 1. The maximum atomic E-state index is 8.40. The van der Waals surface area contributed by atoms with Crippen molar-refractivity contribution in [2.75, 3.05) is 0 Å². The summed E-state index contributed by atoms with van der Waals surface area (Å²) in [6.07, 6.45) is 3.72. The van der Waals surface area contributed by atoms with E-state index in [9.17, 15) is 0 Å². The smallest absolute Gasteiger partial charge is 0.149 e. The van der Waals surface area contributed by atoms with Crippen molar-refractivity contribution in [3.05, 3.63) is 90.3 Å². The lowest BCUT2D eigenvalue weighted by atomic mass is 10.0. The van der Waals surface area contributed by atoms with Crippen LogP contribution in [0.25, 0.3) is 50.0 Å². The first-order chi connectivity index (χ1) is 15.9. The molecule has 0 aliphatic carbocycles. The fourth-order valence-electron chi connectivity index (χ4n) is 4.43. The van der Waals surface area contributed by atoms with Crippen molar-refractivity contribution in [3.8, 4) is 17.1 Å². The minimum atomic E-state index is -0.693. The summed E-state index contributed by atoms with van der Waals surface area (Å²) < 4.78 is 17.0. The number of imidazole rings is 1. The zero-order chi connectivity index (χ0) is 22.7. The average molecular weight is 419 g/mol. The summed E-state index contributed by atoms with van der Waals surface area (Å²) in [6, 6.07) is 22.5. The van der Waals surface area contributed by atoms with Crippen LogP contribution in [0.15, 0.2) is 83.5 Å². The molecule has 0 atom stereocenters. The molecule has 3 aromatic carbocycles. The molecule has 3 heterocycles. The Balaban J connectivity index is 1.69.